The molecule has 2 aromatic carbocycles. The van der Waals surface area contributed by atoms with E-state index in [1.807, 2.05) is 49.4 Å². The van der Waals surface area contributed by atoms with Gasteiger partial charge in [0.2, 0.25) is 11.0 Å². The van der Waals surface area contributed by atoms with E-state index in [1.54, 1.807) is 12.1 Å². The van der Waals surface area contributed by atoms with Crippen molar-refractivity contribution in [3.05, 3.63) is 65.7 Å². The highest BCUT2D eigenvalue weighted by Gasteiger charge is 2.14. The molecule has 0 saturated carbocycles. The summed E-state index contributed by atoms with van der Waals surface area (Å²) in [4.78, 5) is 12.1. The molecule has 0 fully saturated rings. The minimum Gasteiger partial charge on any atom is -0.411 e. The van der Waals surface area contributed by atoms with Crippen molar-refractivity contribution in [2.75, 3.05) is 0 Å². The molecule has 4 nitrogen and oxygen atoms in total. The van der Waals surface area contributed by atoms with E-state index in [0.29, 0.717) is 11.5 Å². The smallest absolute Gasteiger partial charge is 0.284 e. The predicted molar refractivity (Wildman–Crippen MR) is 81.1 cm³/mol. The van der Waals surface area contributed by atoms with E-state index in [4.69, 9.17) is 4.42 Å². The molecule has 0 N–H and O–H groups in total. The van der Waals surface area contributed by atoms with Gasteiger partial charge in [0.25, 0.3) is 5.22 Å². The van der Waals surface area contributed by atoms with Crippen molar-refractivity contribution in [3.63, 3.8) is 0 Å². The molecular formula is C16H12N2O2S. The second-order valence-electron chi connectivity index (χ2n) is 4.49. The average Bonchev–Trinajstić information content (AvgIpc) is 2.97. The quantitative estimate of drug-likeness (QED) is 0.684. The monoisotopic (exact) mass is 296 g/mol. The number of thioether (sulfide) groups is 1. The lowest BCUT2D eigenvalue weighted by molar-refractivity contribution is 0.108. The number of carbonyl (C=O) groups excluding carboxylic acids is 1. The van der Waals surface area contributed by atoms with E-state index in [0.717, 1.165) is 22.9 Å². The fraction of sp³-hybridized carbons (Fsp3) is 0.0625. The molecule has 3 rings (SSSR count). The molecule has 0 radical (unpaired) electrons. The number of aryl methyl sites for hydroxylation is 1. The first kappa shape index (κ1) is 13.6. The van der Waals surface area contributed by atoms with Crippen LogP contribution in [0.15, 0.2) is 64.2 Å². The fourth-order valence-corrected chi connectivity index (χ4v) is 2.39. The standard InChI is InChI=1S/C16H12N2O2S/c1-11-7-9-13(10-8-11)15(19)21-16-18-17-14(20-16)12-5-3-2-4-6-12/h2-10H,1H3. The van der Waals surface area contributed by atoms with Crippen LogP contribution in [0.25, 0.3) is 11.5 Å². The average molecular weight is 296 g/mol. The molecule has 0 aliphatic carbocycles. The first-order chi connectivity index (χ1) is 10.2. The molecule has 0 bridgehead atoms. The van der Waals surface area contributed by atoms with Crippen LogP contribution in [-0.2, 0) is 0 Å². The molecule has 0 spiro atoms. The molecule has 0 saturated heterocycles. The second-order valence-corrected chi connectivity index (χ2v) is 5.42. The second kappa shape index (κ2) is 5.93. The molecule has 0 amide bonds. The number of aromatic nitrogens is 2. The number of hydrogen-bond acceptors (Lipinski definition) is 5. The molecule has 3 aromatic rings. The van der Waals surface area contributed by atoms with Gasteiger partial charge in [-0.3, -0.25) is 4.79 Å². The van der Waals surface area contributed by atoms with Gasteiger partial charge >= 0.3 is 0 Å². The highest BCUT2D eigenvalue weighted by Crippen LogP contribution is 2.25. The lowest BCUT2D eigenvalue weighted by Crippen LogP contribution is -1.92. The largest absolute Gasteiger partial charge is 0.411 e. The Morgan fingerprint density at radius 1 is 1.00 bits per heavy atom. The Bertz CT molecular complexity index is 751. The Morgan fingerprint density at radius 3 is 2.43 bits per heavy atom. The summed E-state index contributed by atoms with van der Waals surface area (Å²) >= 11 is 0.939. The first-order valence-electron chi connectivity index (χ1n) is 6.40. The van der Waals surface area contributed by atoms with Crippen molar-refractivity contribution in [2.24, 2.45) is 0 Å². The number of nitrogens with zero attached hydrogens (tertiary/aromatic N) is 2. The maximum absolute atomic E-state index is 12.1. The van der Waals surface area contributed by atoms with Crippen LogP contribution < -0.4 is 0 Å². The van der Waals surface area contributed by atoms with Gasteiger partial charge in [0.05, 0.1) is 0 Å². The molecule has 0 unspecified atom stereocenters. The summed E-state index contributed by atoms with van der Waals surface area (Å²) in [6.45, 7) is 1.98. The third-order valence-corrected chi connectivity index (χ3v) is 3.66. The van der Waals surface area contributed by atoms with Crippen LogP contribution in [0.1, 0.15) is 15.9 Å². The van der Waals surface area contributed by atoms with Crippen molar-refractivity contribution >= 4 is 16.9 Å². The fourth-order valence-electron chi connectivity index (χ4n) is 1.78. The van der Waals surface area contributed by atoms with Crippen LogP contribution in [0.5, 0.6) is 0 Å². The predicted octanol–water partition coefficient (Wildman–Crippen LogP) is 3.98. The topological polar surface area (TPSA) is 56.0 Å². The van der Waals surface area contributed by atoms with Gasteiger partial charge in [-0.1, -0.05) is 48.0 Å². The molecular weight excluding hydrogens is 284 g/mol. The van der Waals surface area contributed by atoms with Gasteiger partial charge in [-0.2, -0.15) is 0 Å². The summed E-state index contributed by atoms with van der Waals surface area (Å²) in [7, 11) is 0. The lowest BCUT2D eigenvalue weighted by Gasteiger charge is -1.98. The molecule has 0 aliphatic rings. The van der Waals surface area contributed by atoms with E-state index >= 15 is 0 Å². The van der Waals surface area contributed by atoms with E-state index in [1.165, 1.54) is 0 Å². The first-order valence-corrected chi connectivity index (χ1v) is 7.22. The van der Waals surface area contributed by atoms with Crippen molar-refractivity contribution in [2.45, 2.75) is 12.1 Å². The van der Waals surface area contributed by atoms with Gasteiger partial charge < -0.3 is 4.42 Å². The van der Waals surface area contributed by atoms with E-state index in [-0.39, 0.29) is 10.3 Å². The summed E-state index contributed by atoms with van der Waals surface area (Å²) in [5.74, 6) is 0.412. The summed E-state index contributed by atoms with van der Waals surface area (Å²) in [5.41, 5.74) is 2.56. The third-order valence-electron chi connectivity index (χ3n) is 2.89. The molecule has 0 atom stereocenters. The summed E-state index contributed by atoms with van der Waals surface area (Å²) < 4.78 is 5.51. The SMILES string of the molecule is Cc1ccc(C(=O)Sc2nnc(-c3ccccc3)o2)cc1. The number of carbonyl (C=O) groups is 1. The third kappa shape index (κ3) is 3.20. The van der Waals surface area contributed by atoms with E-state index in [2.05, 4.69) is 10.2 Å². The number of hydrogen-bond donors (Lipinski definition) is 0. The van der Waals surface area contributed by atoms with Crippen LogP contribution in [-0.4, -0.2) is 15.3 Å². The molecule has 21 heavy (non-hydrogen) atoms. The van der Waals surface area contributed by atoms with Crippen LogP contribution in [0, 0.1) is 6.92 Å². The van der Waals surface area contributed by atoms with Crippen LogP contribution in [0.4, 0.5) is 0 Å². The molecule has 1 aromatic heterocycles. The van der Waals surface area contributed by atoms with Crippen molar-refractivity contribution in [3.8, 4) is 11.5 Å². The van der Waals surface area contributed by atoms with Crippen molar-refractivity contribution in [1.82, 2.24) is 10.2 Å². The van der Waals surface area contributed by atoms with Crippen LogP contribution in [0.2, 0.25) is 0 Å². The highest BCUT2D eigenvalue weighted by atomic mass is 32.2. The minimum atomic E-state index is -0.113. The van der Waals surface area contributed by atoms with Gasteiger partial charge in [-0.05, 0) is 19.1 Å². The van der Waals surface area contributed by atoms with Gasteiger partial charge in [0.1, 0.15) is 0 Å². The Labute approximate surface area is 126 Å². The van der Waals surface area contributed by atoms with Crippen LogP contribution in [0.3, 0.4) is 0 Å². The van der Waals surface area contributed by atoms with E-state index < -0.39 is 0 Å². The summed E-state index contributed by atoms with van der Waals surface area (Å²) in [6, 6.07) is 16.8. The Kier molecular flexibility index (Phi) is 3.83. The van der Waals surface area contributed by atoms with Crippen LogP contribution >= 0.6 is 11.8 Å². The molecule has 0 aliphatic heterocycles. The summed E-state index contributed by atoms with van der Waals surface area (Å²) in [5, 5.41) is 8.00. The zero-order chi connectivity index (χ0) is 14.7. The van der Waals surface area contributed by atoms with Gasteiger partial charge in [0.15, 0.2) is 0 Å². The minimum absolute atomic E-state index is 0.113. The Balaban J connectivity index is 1.75. The molecule has 104 valence electrons. The van der Waals surface area contributed by atoms with Gasteiger partial charge in [-0.15, -0.1) is 10.2 Å². The Hall–Kier alpha value is -2.40. The van der Waals surface area contributed by atoms with Crippen molar-refractivity contribution < 1.29 is 9.21 Å². The maximum atomic E-state index is 12.1. The highest BCUT2D eigenvalue weighted by molar-refractivity contribution is 8.14. The number of rotatable bonds is 3. The molecule has 5 heteroatoms. The zero-order valence-electron chi connectivity index (χ0n) is 11.3. The van der Waals surface area contributed by atoms with Crippen molar-refractivity contribution in [1.29, 1.82) is 0 Å². The molecule has 1 heterocycles. The Morgan fingerprint density at radius 2 is 1.71 bits per heavy atom. The van der Waals surface area contributed by atoms with Gasteiger partial charge in [-0.25, -0.2) is 0 Å². The number of benzene rings is 2. The van der Waals surface area contributed by atoms with Gasteiger partial charge in [0, 0.05) is 22.9 Å². The zero-order valence-corrected chi connectivity index (χ0v) is 12.1. The lowest BCUT2D eigenvalue weighted by atomic mass is 10.2. The summed E-state index contributed by atoms with van der Waals surface area (Å²) in [6.07, 6.45) is 0. The van der Waals surface area contributed by atoms with E-state index in [9.17, 15) is 4.79 Å². The normalized spacial score (nSPS) is 10.5. The maximum Gasteiger partial charge on any atom is 0.284 e.